The maximum atomic E-state index is 2.45. The molecule has 0 saturated carbocycles. The molecule has 4 aromatic rings. The number of anilines is 2. The summed E-state index contributed by atoms with van der Waals surface area (Å²) in [5, 5.41) is 4.44. The molecule has 0 aliphatic carbocycles. The Kier molecular flexibility index (Phi) is 6.79. The van der Waals surface area contributed by atoms with E-state index in [1.807, 2.05) is 0 Å². The number of rotatable bonds is 5. The molecule has 0 atom stereocenters. The highest BCUT2D eigenvalue weighted by Gasteiger charge is 2.49. The van der Waals surface area contributed by atoms with Crippen LogP contribution >= 0.6 is 0 Å². The molecule has 0 spiro atoms. The molecule has 0 bridgehead atoms. The number of aryl methyl sites for hydroxylation is 1. The van der Waals surface area contributed by atoms with Gasteiger partial charge in [0.1, 0.15) is 0 Å². The maximum Gasteiger partial charge on any atom is 0.153 e. The minimum atomic E-state index is -2.34. The molecule has 4 aromatic carbocycles. The SMILES string of the molecule is Cc1cccc(N(c2ccc([Si](c3ccccc3)(c3ccccc3)C(C)(C)C)cc2)C(C)(C)C)c1. The topological polar surface area (TPSA) is 3.24 Å². The Morgan fingerprint density at radius 1 is 0.514 bits per heavy atom. The van der Waals surface area contributed by atoms with Gasteiger partial charge < -0.3 is 4.90 Å². The predicted molar refractivity (Wildman–Crippen MR) is 157 cm³/mol. The normalized spacial score (nSPS) is 12.4. The molecule has 0 fully saturated rings. The van der Waals surface area contributed by atoms with Gasteiger partial charge in [-0.2, -0.15) is 0 Å². The van der Waals surface area contributed by atoms with E-state index < -0.39 is 8.07 Å². The van der Waals surface area contributed by atoms with Crippen molar-refractivity contribution in [3.8, 4) is 0 Å². The molecule has 0 amide bonds. The Morgan fingerprint density at radius 2 is 1.00 bits per heavy atom. The van der Waals surface area contributed by atoms with E-state index in [9.17, 15) is 0 Å². The molecule has 0 saturated heterocycles. The number of nitrogens with zero attached hydrogens (tertiary/aromatic N) is 1. The van der Waals surface area contributed by atoms with Crippen LogP contribution in [-0.2, 0) is 0 Å². The van der Waals surface area contributed by atoms with Crippen LogP contribution in [0.1, 0.15) is 47.1 Å². The van der Waals surface area contributed by atoms with Gasteiger partial charge in [-0.1, -0.05) is 106 Å². The van der Waals surface area contributed by atoms with Crippen molar-refractivity contribution in [3.05, 3.63) is 115 Å². The molecule has 4 rings (SSSR count). The summed E-state index contributed by atoms with van der Waals surface area (Å²) in [4.78, 5) is 2.45. The maximum absolute atomic E-state index is 2.45. The first-order valence-electron chi connectivity index (χ1n) is 12.6. The van der Waals surface area contributed by atoms with Gasteiger partial charge >= 0.3 is 0 Å². The van der Waals surface area contributed by atoms with Gasteiger partial charge in [0, 0.05) is 16.9 Å². The lowest BCUT2D eigenvalue weighted by atomic mass is 10.0. The summed E-state index contributed by atoms with van der Waals surface area (Å²) in [7, 11) is -2.34. The van der Waals surface area contributed by atoms with Crippen molar-refractivity contribution >= 4 is 35.0 Å². The molecule has 1 nitrogen and oxygen atoms in total. The number of hydrogen-bond donors (Lipinski definition) is 0. The molecular weight excluding hydrogens is 438 g/mol. The van der Waals surface area contributed by atoms with Gasteiger partial charge in [0.15, 0.2) is 8.07 Å². The molecule has 0 aliphatic rings. The molecule has 180 valence electrons. The summed E-state index contributed by atoms with van der Waals surface area (Å²) in [6.07, 6.45) is 0. The average molecular weight is 478 g/mol. The summed E-state index contributed by atoms with van der Waals surface area (Å²) in [6.45, 7) is 16.3. The first-order chi connectivity index (χ1) is 16.5. The van der Waals surface area contributed by atoms with Crippen LogP contribution in [0, 0.1) is 6.92 Å². The van der Waals surface area contributed by atoms with Crippen LogP contribution < -0.4 is 20.5 Å². The lowest BCUT2D eigenvalue weighted by Crippen LogP contribution is -2.72. The van der Waals surface area contributed by atoms with Crippen LogP contribution in [0.15, 0.2) is 109 Å². The van der Waals surface area contributed by atoms with E-state index in [0.717, 1.165) is 0 Å². The van der Waals surface area contributed by atoms with Crippen molar-refractivity contribution in [2.24, 2.45) is 0 Å². The van der Waals surface area contributed by atoms with Crippen LogP contribution in [0.4, 0.5) is 11.4 Å². The Labute approximate surface area is 213 Å². The Balaban J connectivity index is 1.93. The molecule has 0 aromatic heterocycles. The van der Waals surface area contributed by atoms with Crippen molar-refractivity contribution in [2.45, 2.75) is 59.0 Å². The Hall–Kier alpha value is -3.10. The van der Waals surface area contributed by atoms with E-state index in [-0.39, 0.29) is 10.6 Å². The summed E-state index contributed by atoms with van der Waals surface area (Å²) >= 11 is 0. The van der Waals surface area contributed by atoms with Crippen molar-refractivity contribution in [2.75, 3.05) is 4.90 Å². The van der Waals surface area contributed by atoms with Crippen LogP contribution in [0.5, 0.6) is 0 Å². The van der Waals surface area contributed by atoms with Crippen molar-refractivity contribution in [1.82, 2.24) is 0 Å². The van der Waals surface area contributed by atoms with E-state index in [0.29, 0.717) is 0 Å². The lowest BCUT2D eigenvalue weighted by Gasteiger charge is -2.45. The fourth-order valence-electron chi connectivity index (χ4n) is 5.73. The molecule has 2 heteroatoms. The molecule has 0 heterocycles. The van der Waals surface area contributed by atoms with Gasteiger partial charge in [0.25, 0.3) is 0 Å². The zero-order valence-electron chi connectivity index (χ0n) is 22.3. The van der Waals surface area contributed by atoms with Crippen LogP contribution in [-0.4, -0.2) is 13.6 Å². The zero-order chi connectivity index (χ0) is 25.3. The molecule has 0 radical (unpaired) electrons. The second-order valence-corrected chi connectivity index (χ2v) is 16.4. The first kappa shape index (κ1) is 25.0. The van der Waals surface area contributed by atoms with Crippen LogP contribution in [0.2, 0.25) is 5.04 Å². The number of hydrogen-bond acceptors (Lipinski definition) is 1. The van der Waals surface area contributed by atoms with Gasteiger partial charge in [-0.3, -0.25) is 0 Å². The predicted octanol–water partition coefficient (Wildman–Crippen LogP) is 7.20. The fraction of sp³-hybridized carbons (Fsp3) is 0.273. The van der Waals surface area contributed by atoms with Gasteiger partial charge in [-0.05, 0) is 78.1 Å². The van der Waals surface area contributed by atoms with E-state index in [1.165, 1.54) is 32.5 Å². The van der Waals surface area contributed by atoms with Crippen molar-refractivity contribution in [1.29, 1.82) is 0 Å². The lowest BCUT2D eigenvalue weighted by molar-refractivity contribution is 0.560. The summed E-state index contributed by atoms with van der Waals surface area (Å²) in [6, 6.07) is 40.7. The zero-order valence-corrected chi connectivity index (χ0v) is 23.3. The largest absolute Gasteiger partial charge is 0.336 e. The third-order valence-electron chi connectivity index (χ3n) is 7.03. The number of benzene rings is 4. The van der Waals surface area contributed by atoms with Crippen LogP contribution in [0.25, 0.3) is 0 Å². The minimum absolute atomic E-state index is 0.0489. The Bertz CT molecular complexity index is 1210. The highest BCUT2D eigenvalue weighted by atomic mass is 28.3. The van der Waals surface area contributed by atoms with E-state index in [4.69, 9.17) is 0 Å². The second kappa shape index (κ2) is 9.51. The minimum Gasteiger partial charge on any atom is -0.336 e. The summed E-state index contributed by atoms with van der Waals surface area (Å²) in [5.41, 5.74) is 3.69. The van der Waals surface area contributed by atoms with Gasteiger partial charge in [-0.15, -0.1) is 0 Å². The van der Waals surface area contributed by atoms with Crippen molar-refractivity contribution in [3.63, 3.8) is 0 Å². The fourth-order valence-corrected chi connectivity index (χ4v) is 11.4. The van der Waals surface area contributed by atoms with Gasteiger partial charge in [0.05, 0.1) is 0 Å². The van der Waals surface area contributed by atoms with E-state index in [1.54, 1.807) is 0 Å². The standard InChI is InChI=1S/C33H39NSi/c1-26-15-14-16-28(25-26)34(32(2,3)4)27-21-23-31(24-22-27)35(33(5,6)7,29-17-10-8-11-18-29)30-19-12-9-13-20-30/h8-25H,1-7H3. The summed E-state index contributed by atoms with van der Waals surface area (Å²) in [5.74, 6) is 0. The van der Waals surface area contributed by atoms with E-state index >= 15 is 0 Å². The molecular formula is C33H39NSi. The molecule has 0 N–H and O–H groups in total. The van der Waals surface area contributed by atoms with Crippen LogP contribution in [0.3, 0.4) is 0 Å². The molecule has 0 aliphatic heterocycles. The third-order valence-corrected chi connectivity index (χ3v) is 12.9. The smallest absolute Gasteiger partial charge is 0.153 e. The average Bonchev–Trinajstić information content (AvgIpc) is 2.80. The summed E-state index contributed by atoms with van der Waals surface area (Å²) < 4.78 is 0. The van der Waals surface area contributed by atoms with Gasteiger partial charge in [-0.25, -0.2) is 0 Å². The van der Waals surface area contributed by atoms with Crippen molar-refractivity contribution < 1.29 is 0 Å². The third kappa shape index (κ3) is 4.72. The molecule has 0 unspecified atom stereocenters. The second-order valence-electron chi connectivity index (χ2n) is 11.6. The van der Waals surface area contributed by atoms with E-state index in [2.05, 4.69) is 163 Å². The quantitative estimate of drug-likeness (QED) is 0.217. The monoisotopic (exact) mass is 477 g/mol. The highest BCUT2D eigenvalue weighted by Crippen LogP contribution is 2.37. The van der Waals surface area contributed by atoms with Gasteiger partial charge in [0.2, 0.25) is 0 Å². The first-order valence-corrected chi connectivity index (χ1v) is 14.6. The molecule has 35 heavy (non-hydrogen) atoms. The highest BCUT2D eigenvalue weighted by molar-refractivity contribution is 7.13. The Morgan fingerprint density at radius 3 is 1.43 bits per heavy atom.